The van der Waals surface area contributed by atoms with E-state index in [0.717, 1.165) is 51.4 Å². The highest BCUT2D eigenvalue weighted by molar-refractivity contribution is 5.76. The predicted octanol–water partition coefficient (Wildman–Crippen LogP) is 2.31. The molecule has 308 valence electrons. The van der Waals surface area contributed by atoms with Gasteiger partial charge < -0.3 is 65.1 Å². The van der Waals surface area contributed by atoms with Gasteiger partial charge in [-0.15, -0.1) is 0 Å². The summed E-state index contributed by atoms with van der Waals surface area (Å²) in [5.41, 5.74) is 0. The Hall–Kier alpha value is -1.01. The number of carbonyl (C=O) groups excluding carboxylic acids is 1. The van der Waals surface area contributed by atoms with E-state index in [4.69, 9.17) is 18.9 Å². The molecule has 0 aliphatic carbocycles. The van der Waals surface area contributed by atoms with Gasteiger partial charge in [0.05, 0.1) is 32.0 Å². The van der Waals surface area contributed by atoms with Crippen molar-refractivity contribution in [2.24, 2.45) is 0 Å². The van der Waals surface area contributed by atoms with Crippen molar-refractivity contribution in [1.82, 2.24) is 5.32 Å². The van der Waals surface area contributed by atoms with Crippen molar-refractivity contribution in [3.05, 3.63) is 0 Å². The lowest BCUT2D eigenvalue weighted by atomic mass is 9.97. The molecule has 0 spiro atoms. The summed E-state index contributed by atoms with van der Waals surface area (Å²) in [6, 6.07) is -0.816. The lowest BCUT2D eigenvalue weighted by molar-refractivity contribution is -0.359. The fourth-order valence-corrected chi connectivity index (χ4v) is 6.88. The standard InChI is InChI=1S/C38H73NO13/c1-3-5-7-9-11-13-14-15-17-19-21-27(42)26(39-30(43)22-20-18-16-12-10-8-6-4-2)25-49-37-35(48)33(46)36(29(24-41)51-37)52-38-34(47)32(45)31(44)28(23-40)50-38/h26-29,31-38,40-42,44-48H,3-25H2,1-2H3,(H,39,43). The zero-order chi connectivity index (χ0) is 38.3. The molecule has 0 aromatic rings. The minimum Gasteiger partial charge on any atom is -0.394 e. The second kappa shape index (κ2) is 27.6. The van der Waals surface area contributed by atoms with Crippen molar-refractivity contribution < 1.29 is 64.6 Å². The number of rotatable bonds is 29. The summed E-state index contributed by atoms with van der Waals surface area (Å²) in [7, 11) is 0. The number of aliphatic hydroxyl groups excluding tert-OH is 8. The van der Waals surface area contributed by atoms with Crippen LogP contribution in [-0.4, -0.2) is 140 Å². The molecule has 1 amide bonds. The summed E-state index contributed by atoms with van der Waals surface area (Å²) < 4.78 is 22.6. The summed E-state index contributed by atoms with van der Waals surface area (Å²) >= 11 is 0. The van der Waals surface area contributed by atoms with Gasteiger partial charge in [-0.1, -0.05) is 123 Å². The number of amides is 1. The van der Waals surface area contributed by atoms with Crippen LogP contribution in [0.1, 0.15) is 142 Å². The van der Waals surface area contributed by atoms with Gasteiger partial charge in [0.1, 0.15) is 48.8 Å². The zero-order valence-electron chi connectivity index (χ0n) is 31.8. The van der Waals surface area contributed by atoms with Gasteiger partial charge in [-0.2, -0.15) is 0 Å². The first-order valence-electron chi connectivity index (χ1n) is 20.3. The van der Waals surface area contributed by atoms with Gasteiger partial charge >= 0.3 is 0 Å². The molecule has 2 rings (SSSR count). The lowest BCUT2D eigenvalue weighted by Crippen LogP contribution is -2.65. The van der Waals surface area contributed by atoms with E-state index >= 15 is 0 Å². The number of hydrogen-bond donors (Lipinski definition) is 9. The topological polar surface area (TPSA) is 228 Å². The van der Waals surface area contributed by atoms with Crippen LogP contribution >= 0.6 is 0 Å². The Morgan fingerprint density at radius 2 is 1.10 bits per heavy atom. The number of carbonyl (C=O) groups is 1. The van der Waals surface area contributed by atoms with Crippen LogP contribution in [0.3, 0.4) is 0 Å². The van der Waals surface area contributed by atoms with Gasteiger partial charge in [-0.25, -0.2) is 0 Å². The minimum absolute atomic E-state index is 0.215. The third-order valence-electron chi connectivity index (χ3n) is 10.3. The third-order valence-corrected chi connectivity index (χ3v) is 10.3. The molecular weight excluding hydrogens is 678 g/mol. The van der Waals surface area contributed by atoms with E-state index in [0.29, 0.717) is 12.8 Å². The van der Waals surface area contributed by atoms with Crippen LogP contribution in [0, 0.1) is 0 Å². The van der Waals surface area contributed by atoms with E-state index in [1.807, 2.05) is 0 Å². The zero-order valence-corrected chi connectivity index (χ0v) is 31.8. The summed E-state index contributed by atoms with van der Waals surface area (Å²) in [5.74, 6) is -0.215. The third kappa shape index (κ3) is 16.8. The van der Waals surface area contributed by atoms with Crippen molar-refractivity contribution in [2.45, 2.75) is 216 Å². The van der Waals surface area contributed by atoms with Gasteiger partial charge in [0.25, 0.3) is 0 Å². The van der Waals surface area contributed by atoms with Crippen LogP contribution in [0.15, 0.2) is 0 Å². The highest BCUT2D eigenvalue weighted by Gasteiger charge is 2.50. The molecule has 14 nitrogen and oxygen atoms in total. The van der Waals surface area contributed by atoms with Crippen LogP contribution in [-0.2, 0) is 23.7 Å². The van der Waals surface area contributed by atoms with E-state index in [2.05, 4.69) is 19.2 Å². The van der Waals surface area contributed by atoms with Gasteiger partial charge in [0.2, 0.25) is 5.91 Å². The molecule has 2 fully saturated rings. The molecule has 14 heteroatoms. The Bertz CT molecular complexity index is 899. The quantitative estimate of drug-likeness (QED) is 0.0501. The molecule has 0 radical (unpaired) electrons. The molecule has 0 aromatic carbocycles. The molecule has 0 saturated carbocycles. The van der Waals surface area contributed by atoms with Gasteiger partial charge in [-0.3, -0.25) is 4.79 Å². The molecular formula is C38H73NO13. The number of nitrogens with one attached hydrogen (secondary N) is 1. The fraction of sp³-hybridized carbons (Fsp3) is 0.974. The second-order valence-corrected chi connectivity index (χ2v) is 14.8. The van der Waals surface area contributed by atoms with E-state index in [9.17, 15) is 45.6 Å². The monoisotopic (exact) mass is 752 g/mol. The Kier molecular flexibility index (Phi) is 25.0. The molecule has 2 heterocycles. The average Bonchev–Trinajstić information content (AvgIpc) is 3.14. The largest absolute Gasteiger partial charge is 0.394 e. The van der Waals surface area contributed by atoms with Crippen LogP contribution in [0.5, 0.6) is 0 Å². The second-order valence-electron chi connectivity index (χ2n) is 14.8. The normalized spacial score (nSPS) is 30.7. The molecule has 9 N–H and O–H groups in total. The van der Waals surface area contributed by atoms with E-state index in [1.165, 1.54) is 64.2 Å². The van der Waals surface area contributed by atoms with Gasteiger partial charge in [-0.05, 0) is 12.8 Å². The summed E-state index contributed by atoms with van der Waals surface area (Å²) in [6.07, 6.45) is 4.32. The van der Waals surface area contributed by atoms with Crippen molar-refractivity contribution in [2.75, 3.05) is 19.8 Å². The van der Waals surface area contributed by atoms with E-state index in [1.54, 1.807) is 0 Å². The van der Waals surface area contributed by atoms with Crippen molar-refractivity contribution in [1.29, 1.82) is 0 Å². The summed E-state index contributed by atoms with van der Waals surface area (Å²) in [4.78, 5) is 13.0. The lowest BCUT2D eigenvalue weighted by Gasteiger charge is -2.46. The van der Waals surface area contributed by atoms with Crippen LogP contribution in [0.25, 0.3) is 0 Å². The molecule has 52 heavy (non-hydrogen) atoms. The number of aliphatic hydroxyl groups is 8. The van der Waals surface area contributed by atoms with E-state index in [-0.39, 0.29) is 12.5 Å². The number of hydrogen-bond acceptors (Lipinski definition) is 13. The van der Waals surface area contributed by atoms with Gasteiger partial charge in [0, 0.05) is 6.42 Å². The SMILES string of the molecule is CCCCCCCCCCCCC(O)C(COC1OC(CO)C(OC2OC(CO)C(O)C(O)C2O)C(O)C1O)NC(=O)CCCCCCCCCC. The average molecular weight is 752 g/mol. The molecule has 2 aliphatic rings. The number of ether oxygens (including phenoxy) is 4. The Balaban J connectivity index is 1.94. The van der Waals surface area contributed by atoms with Gasteiger partial charge in [0.15, 0.2) is 12.6 Å². The predicted molar refractivity (Wildman–Crippen MR) is 194 cm³/mol. The maximum Gasteiger partial charge on any atom is 0.220 e. The van der Waals surface area contributed by atoms with Crippen LogP contribution in [0.2, 0.25) is 0 Å². The summed E-state index contributed by atoms with van der Waals surface area (Å²) in [6.45, 7) is 2.75. The summed E-state index contributed by atoms with van der Waals surface area (Å²) in [5, 5.41) is 86.1. The van der Waals surface area contributed by atoms with Crippen LogP contribution < -0.4 is 5.32 Å². The van der Waals surface area contributed by atoms with Crippen molar-refractivity contribution in [3.63, 3.8) is 0 Å². The first kappa shape index (κ1) is 47.1. The van der Waals surface area contributed by atoms with Crippen LogP contribution in [0.4, 0.5) is 0 Å². The Morgan fingerprint density at radius 3 is 1.63 bits per heavy atom. The van der Waals surface area contributed by atoms with E-state index < -0.39 is 86.8 Å². The molecule has 12 atom stereocenters. The maximum absolute atomic E-state index is 13.0. The minimum atomic E-state index is -1.78. The molecule has 2 aliphatic heterocycles. The maximum atomic E-state index is 13.0. The highest BCUT2D eigenvalue weighted by Crippen LogP contribution is 2.30. The molecule has 2 saturated heterocycles. The fourth-order valence-electron chi connectivity index (χ4n) is 6.88. The number of unbranched alkanes of at least 4 members (excludes halogenated alkanes) is 16. The first-order valence-corrected chi connectivity index (χ1v) is 20.3. The van der Waals surface area contributed by atoms with Crippen molar-refractivity contribution >= 4 is 5.91 Å². The van der Waals surface area contributed by atoms with Crippen molar-refractivity contribution in [3.8, 4) is 0 Å². The molecule has 0 aromatic heterocycles. The molecule has 12 unspecified atom stereocenters. The Labute approximate surface area is 311 Å². The smallest absolute Gasteiger partial charge is 0.220 e. The molecule has 0 bridgehead atoms. The first-order chi connectivity index (χ1) is 25.1. The Morgan fingerprint density at radius 1 is 0.615 bits per heavy atom. The highest BCUT2D eigenvalue weighted by atomic mass is 16.7.